The summed E-state index contributed by atoms with van der Waals surface area (Å²) < 4.78 is 5.23. The molecule has 0 saturated carbocycles. The molecule has 2 aromatic heterocycles. The highest BCUT2D eigenvalue weighted by molar-refractivity contribution is 7.26. The Labute approximate surface area is 471 Å². The first-order chi connectivity index (χ1) is 39.7. The molecular weight excluding hydrogens is 1000 g/mol. The minimum atomic E-state index is 1.09. The smallest absolute Gasteiger partial charge is 0.0540 e. The minimum absolute atomic E-state index is 1.09. The minimum Gasteiger partial charge on any atom is -0.310 e. The summed E-state index contributed by atoms with van der Waals surface area (Å²) in [5.74, 6) is 0. The molecule has 14 aromatic carbocycles. The van der Waals surface area contributed by atoms with Crippen LogP contribution < -0.4 is 9.80 Å². The van der Waals surface area contributed by atoms with E-state index in [1.165, 1.54) is 117 Å². The van der Waals surface area contributed by atoms with Crippen molar-refractivity contribution in [3.8, 4) is 44.5 Å². The fourth-order valence-electron chi connectivity index (χ4n) is 12.5. The Morgan fingerprint density at radius 1 is 0.225 bits per heavy atom. The SMILES string of the molecule is c1ccc(-c2ccc(N(c3cccc(-c4cccc5c4sc4ccccc45)c3)c3ccc4ccc5c(N(c6ccc(-c7ccccc7)cc6)c6cccc(-c7cccc8c7sc7ccccc78)c6)ccc6ccc3c4c65)cc2)cc1. The van der Waals surface area contributed by atoms with Crippen molar-refractivity contribution in [1.29, 1.82) is 0 Å². The summed E-state index contributed by atoms with van der Waals surface area (Å²) in [6.45, 7) is 0. The van der Waals surface area contributed by atoms with Crippen LogP contribution in [0.1, 0.15) is 0 Å². The van der Waals surface area contributed by atoms with Gasteiger partial charge in [-0.1, -0.05) is 218 Å². The van der Waals surface area contributed by atoms with E-state index in [0.717, 1.165) is 34.1 Å². The zero-order valence-electron chi connectivity index (χ0n) is 43.4. The molecule has 16 aromatic rings. The molecule has 0 unspecified atom stereocenters. The van der Waals surface area contributed by atoms with Crippen LogP contribution in [-0.2, 0) is 0 Å². The molecule has 0 saturated heterocycles. The van der Waals surface area contributed by atoms with Gasteiger partial charge in [0.25, 0.3) is 0 Å². The second kappa shape index (κ2) is 19.0. The quantitative estimate of drug-likeness (QED) is 0.126. The molecule has 0 aliphatic carbocycles. The van der Waals surface area contributed by atoms with Crippen molar-refractivity contribution >= 4 is 129 Å². The zero-order valence-corrected chi connectivity index (χ0v) is 45.1. The summed E-state index contributed by atoms with van der Waals surface area (Å²) in [4.78, 5) is 4.94. The van der Waals surface area contributed by atoms with E-state index in [9.17, 15) is 0 Å². The van der Waals surface area contributed by atoms with E-state index in [4.69, 9.17) is 0 Å². The lowest BCUT2D eigenvalue weighted by Gasteiger charge is -2.30. The van der Waals surface area contributed by atoms with E-state index >= 15 is 0 Å². The molecule has 0 radical (unpaired) electrons. The topological polar surface area (TPSA) is 6.48 Å². The van der Waals surface area contributed by atoms with Gasteiger partial charge in [0.1, 0.15) is 0 Å². The van der Waals surface area contributed by atoms with Crippen molar-refractivity contribution in [2.24, 2.45) is 0 Å². The monoisotopic (exact) mass is 1050 g/mol. The third-order valence-electron chi connectivity index (χ3n) is 16.2. The third kappa shape index (κ3) is 7.67. The number of anilines is 6. The number of fused-ring (bicyclic) bond motifs is 6. The van der Waals surface area contributed by atoms with Crippen molar-refractivity contribution in [1.82, 2.24) is 0 Å². The molecular formula is C76H48N2S2. The van der Waals surface area contributed by atoms with E-state index < -0.39 is 0 Å². The molecule has 2 heterocycles. The number of benzene rings is 14. The van der Waals surface area contributed by atoms with Crippen molar-refractivity contribution < 1.29 is 0 Å². The molecule has 0 N–H and O–H groups in total. The van der Waals surface area contributed by atoms with Crippen LogP contribution in [0.5, 0.6) is 0 Å². The first-order valence-electron chi connectivity index (χ1n) is 27.3. The molecule has 0 bridgehead atoms. The van der Waals surface area contributed by atoms with Crippen LogP contribution in [-0.4, -0.2) is 0 Å². The number of nitrogens with zero attached hydrogens (tertiary/aromatic N) is 2. The Hall–Kier alpha value is -9.84. The van der Waals surface area contributed by atoms with Crippen LogP contribution >= 0.6 is 22.7 Å². The Kier molecular flexibility index (Phi) is 11.0. The molecule has 374 valence electrons. The van der Waals surface area contributed by atoms with Gasteiger partial charge in [-0.3, -0.25) is 0 Å². The molecule has 0 spiro atoms. The van der Waals surface area contributed by atoms with Crippen LogP contribution in [0.4, 0.5) is 34.1 Å². The molecule has 0 aliphatic heterocycles. The Morgan fingerprint density at radius 2 is 0.588 bits per heavy atom. The molecule has 0 aliphatic rings. The van der Waals surface area contributed by atoms with Gasteiger partial charge >= 0.3 is 0 Å². The van der Waals surface area contributed by atoms with Gasteiger partial charge in [-0.25, -0.2) is 0 Å². The van der Waals surface area contributed by atoms with E-state index in [-0.39, 0.29) is 0 Å². The average Bonchev–Trinajstić information content (AvgIpc) is 4.21. The summed E-state index contributed by atoms with van der Waals surface area (Å²) in [5.41, 5.74) is 16.3. The lowest BCUT2D eigenvalue weighted by molar-refractivity contribution is 1.30. The standard InChI is InChI=1S/C76H48N2S2/c1-3-15-49(16-4-1)51-31-39-57(40-32-51)77(59-21-11-19-55(47-59)61-25-13-27-65-63-23-7-9-29-71(63)79-75(61)65)69-45-37-53-36-44-68-70(46-38-54-35-43-67(69)73(53)74(54)68)78(58-41-33-52(34-42-58)50-17-5-2-6-18-50)60-22-12-20-56(48-60)62-26-14-28-66-64-24-8-10-30-72(64)80-76(62)66/h1-48H. The summed E-state index contributed by atoms with van der Waals surface area (Å²) in [6, 6.07) is 108. The summed E-state index contributed by atoms with van der Waals surface area (Å²) >= 11 is 3.76. The molecule has 2 nitrogen and oxygen atoms in total. The van der Waals surface area contributed by atoms with Crippen LogP contribution in [0.25, 0.3) is 117 Å². The third-order valence-corrected chi connectivity index (χ3v) is 18.6. The zero-order chi connectivity index (χ0) is 52.7. The Morgan fingerprint density at radius 3 is 1.04 bits per heavy atom. The Bertz CT molecular complexity index is 4680. The maximum atomic E-state index is 2.47. The van der Waals surface area contributed by atoms with Crippen LogP contribution in [0.3, 0.4) is 0 Å². The maximum absolute atomic E-state index is 2.47. The van der Waals surface area contributed by atoms with Gasteiger partial charge in [0, 0.05) is 73.9 Å². The first-order valence-corrected chi connectivity index (χ1v) is 28.9. The van der Waals surface area contributed by atoms with Gasteiger partial charge in [-0.05, 0) is 139 Å². The fourth-order valence-corrected chi connectivity index (χ4v) is 14.9. The van der Waals surface area contributed by atoms with Crippen LogP contribution in [0, 0.1) is 0 Å². The highest BCUT2D eigenvalue weighted by Gasteiger charge is 2.24. The average molecular weight is 1050 g/mol. The van der Waals surface area contributed by atoms with Gasteiger partial charge in [-0.15, -0.1) is 22.7 Å². The number of hydrogen-bond donors (Lipinski definition) is 0. The molecule has 16 rings (SSSR count). The molecule has 4 heteroatoms. The summed E-state index contributed by atoms with van der Waals surface area (Å²) in [5, 5.41) is 12.5. The second-order valence-corrected chi connectivity index (χ2v) is 22.9. The van der Waals surface area contributed by atoms with Gasteiger partial charge in [0.2, 0.25) is 0 Å². The van der Waals surface area contributed by atoms with Crippen molar-refractivity contribution in [2.75, 3.05) is 9.80 Å². The number of thiophene rings is 2. The van der Waals surface area contributed by atoms with Crippen molar-refractivity contribution in [2.45, 2.75) is 0 Å². The normalized spacial score (nSPS) is 11.8. The fraction of sp³-hybridized carbons (Fsp3) is 0. The lowest BCUT2D eigenvalue weighted by Crippen LogP contribution is -2.11. The van der Waals surface area contributed by atoms with Gasteiger partial charge < -0.3 is 9.80 Å². The summed E-state index contributed by atoms with van der Waals surface area (Å²) in [7, 11) is 0. The van der Waals surface area contributed by atoms with Crippen LogP contribution in [0.2, 0.25) is 0 Å². The van der Waals surface area contributed by atoms with E-state index in [1.54, 1.807) is 0 Å². The van der Waals surface area contributed by atoms with Gasteiger partial charge in [0.05, 0.1) is 11.4 Å². The predicted octanol–water partition coefficient (Wildman–Crippen LogP) is 22.9. The van der Waals surface area contributed by atoms with Crippen LogP contribution in [0.15, 0.2) is 291 Å². The van der Waals surface area contributed by atoms with E-state index in [2.05, 4.69) is 301 Å². The first kappa shape index (κ1) is 46.3. The van der Waals surface area contributed by atoms with E-state index in [1.807, 2.05) is 22.7 Å². The predicted molar refractivity (Wildman–Crippen MR) is 347 cm³/mol. The largest absolute Gasteiger partial charge is 0.310 e. The number of rotatable bonds is 10. The second-order valence-electron chi connectivity index (χ2n) is 20.8. The van der Waals surface area contributed by atoms with Crippen molar-refractivity contribution in [3.63, 3.8) is 0 Å². The maximum Gasteiger partial charge on any atom is 0.0540 e. The Balaban J connectivity index is 0.886. The highest BCUT2D eigenvalue weighted by Crippen LogP contribution is 2.50. The van der Waals surface area contributed by atoms with Gasteiger partial charge in [0.15, 0.2) is 0 Å². The highest BCUT2D eigenvalue weighted by atomic mass is 32.1. The van der Waals surface area contributed by atoms with Crippen molar-refractivity contribution in [3.05, 3.63) is 291 Å². The molecule has 0 atom stereocenters. The number of hydrogen-bond acceptors (Lipinski definition) is 4. The summed E-state index contributed by atoms with van der Waals surface area (Å²) in [6.07, 6.45) is 0. The lowest BCUT2D eigenvalue weighted by atomic mass is 9.91. The molecule has 0 fully saturated rings. The molecule has 80 heavy (non-hydrogen) atoms. The van der Waals surface area contributed by atoms with E-state index in [0.29, 0.717) is 0 Å². The molecule has 0 amide bonds. The van der Waals surface area contributed by atoms with Gasteiger partial charge in [-0.2, -0.15) is 0 Å².